The molecule has 0 fully saturated rings. The zero-order valence-electron chi connectivity index (χ0n) is 21.4. The Morgan fingerprint density at radius 1 is 1.18 bits per heavy atom. The standard InChI is InChI=1S/C26H26F3N7O3/c1-4-6-21-31-14(3)22-24(37)34-23(35-36(21)22)18-11-16(9-10-20(18)39-5-2)32-25(38)33-17-8-7-15(13-30)19(12-17)26(27,28)29/h7-12,23,35H,4-6H2,1-3H3,(H,34,37)(H2,32,33,38). The van der Waals surface area contributed by atoms with Crippen LogP contribution in [0, 0.1) is 18.3 Å². The highest BCUT2D eigenvalue weighted by Crippen LogP contribution is 2.34. The number of aromatic nitrogens is 2. The summed E-state index contributed by atoms with van der Waals surface area (Å²) in [7, 11) is 0. The molecule has 1 atom stereocenters. The first kappa shape index (κ1) is 27.3. The summed E-state index contributed by atoms with van der Waals surface area (Å²) in [6.45, 7) is 5.91. The van der Waals surface area contributed by atoms with E-state index in [0.29, 0.717) is 53.3 Å². The van der Waals surface area contributed by atoms with Crippen LogP contribution in [0.25, 0.3) is 0 Å². The molecule has 0 saturated heterocycles. The Hall–Kier alpha value is -4.73. The Morgan fingerprint density at radius 3 is 2.51 bits per heavy atom. The third kappa shape index (κ3) is 5.74. The van der Waals surface area contributed by atoms with E-state index in [2.05, 4.69) is 26.4 Å². The second kappa shape index (κ2) is 10.9. The number of alkyl halides is 3. The van der Waals surface area contributed by atoms with Crippen molar-refractivity contribution < 1.29 is 27.5 Å². The van der Waals surface area contributed by atoms with Crippen LogP contribution in [0.5, 0.6) is 5.75 Å². The molecule has 4 rings (SSSR count). The molecule has 0 spiro atoms. The van der Waals surface area contributed by atoms with Crippen molar-refractivity contribution in [1.82, 2.24) is 15.0 Å². The van der Waals surface area contributed by atoms with Crippen molar-refractivity contribution in [2.24, 2.45) is 0 Å². The summed E-state index contributed by atoms with van der Waals surface area (Å²) in [6, 6.07) is 8.36. The van der Waals surface area contributed by atoms with Gasteiger partial charge in [-0.1, -0.05) is 6.92 Å². The largest absolute Gasteiger partial charge is 0.493 e. The Bertz CT molecular complexity index is 1460. The summed E-state index contributed by atoms with van der Waals surface area (Å²) < 4.78 is 47.2. The predicted octanol–water partition coefficient (Wildman–Crippen LogP) is 5.06. The molecule has 10 nitrogen and oxygen atoms in total. The van der Waals surface area contributed by atoms with Crippen LogP contribution in [0.15, 0.2) is 36.4 Å². The lowest BCUT2D eigenvalue weighted by atomic mass is 10.1. The zero-order valence-corrected chi connectivity index (χ0v) is 21.4. The number of nitrogens with one attached hydrogen (secondary N) is 4. The molecule has 3 amide bonds. The molecule has 0 saturated carbocycles. The van der Waals surface area contributed by atoms with Gasteiger partial charge in [0.2, 0.25) is 0 Å². The molecule has 0 aliphatic carbocycles. The van der Waals surface area contributed by atoms with Gasteiger partial charge in [-0.15, -0.1) is 0 Å². The molecule has 39 heavy (non-hydrogen) atoms. The van der Waals surface area contributed by atoms with Gasteiger partial charge in [-0.05, 0) is 56.7 Å². The average molecular weight is 542 g/mol. The van der Waals surface area contributed by atoms with E-state index in [9.17, 15) is 22.8 Å². The number of aryl methyl sites for hydroxylation is 2. The van der Waals surface area contributed by atoms with Crippen LogP contribution in [0.3, 0.4) is 0 Å². The number of anilines is 2. The number of fused-ring (bicyclic) bond motifs is 1. The minimum Gasteiger partial charge on any atom is -0.493 e. The number of amides is 3. The SMILES string of the molecule is CCCc1nc(C)c2n1NC(c1cc(NC(=O)Nc3ccc(C#N)c(C(F)(F)F)c3)ccc1OCC)NC2=O. The van der Waals surface area contributed by atoms with Crippen LogP contribution in [-0.4, -0.2) is 28.2 Å². The van der Waals surface area contributed by atoms with Gasteiger partial charge in [-0.25, -0.2) is 14.5 Å². The van der Waals surface area contributed by atoms with E-state index >= 15 is 0 Å². The number of nitrogens with zero attached hydrogens (tertiary/aromatic N) is 3. The molecule has 1 aliphatic rings. The van der Waals surface area contributed by atoms with Crippen molar-refractivity contribution in [3.63, 3.8) is 0 Å². The highest BCUT2D eigenvalue weighted by atomic mass is 19.4. The topological polar surface area (TPSA) is 133 Å². The fourth-order valence-electron chi connectivity index (χ4n) is 4.28. The van der Waals surface area contributed by atoms with Crippen molar-refractivity contribution >= 4 is 23.3 Å². The lowest BCUT2D eigenvalue weighted by Gasteiger charge is -2.30. The first-order chi connectivity index (χ1) is 18.5. The molecule has 13 heteroatoms. The van der Waals surface area contributed by atoms with Gasteiger partial charge >= 0.3 is 12.2 Å². The summed E-state index contributed by atoms with van der Waals surface area (Å²) >= 11 is 0. The first-order valence-corrected chi connectivity index (χ1v) is 12.2. The molecular formula is C26H26F3N7O3. The van der Waals surface area contributed by atoms with Crippen LogP contribution in [0.4, 0.5) is 29.3 Å². The molecule has 3 aromatic rings. The third-order valence-corrected chi connectivity index (χ3v) is 5.93. The molecule has 204 valence electrons. The van der Waals surface area contributed by atoms with Crippen LogP contribution >= 0.6 is 0 Å². The molecule has 0 bridgehead atoms. The number of carbonyl (C=O) groups is 2. The Kier molecular flexibility index (Phi) is 7.66. The number of hydrogen-bond donors (Lipinski definition) is 4. The van der Waals surface area contributed by atoms with Crippen LogP contribution < -0.4 is 26.1 Å². The maximum Gasteiger partial charge on any atom is 0.417 e. The summed E-state index contributed by atoms with van der Waals surface area (Å²) in [5.41, 5.74) is 3.22. The quantitative estimate of drug-likeness (QED) is 0.330. The van der Waals surface area contributed by atoms with Gasteiger partial charge in [0.1, 0.15) is 17.7 Å². The van der Waals surface area contributed by atoms with Gasteiger partial charge in [0.25, 0.3) is 5.91 Å². The van der Waals surface area contributed by atoms with Crippen LogP contribution in [0.1, 0.15) is 65.1 Å². The molecule has 0 radical (unpaired) electrons. The summed E-state index contributed by atoms with van der Waals surface area (Å²) in [5, 5.41) is 16.8. The number of hydrogen-bond acceptors (Lipinski definition) is 6. The van der Waals surface area contributed by atoms with Gasteiger partial charge < -0.3 is 20.7 Å². The summed E-state index contributed by atoms with van der Waals surface area (Å²) in [6.07, 6.45) is -4.01. The monoisotopic (exact) mass is 541 g/mol. The third-order valence-electron chi connectivity index (χ3n) is 5.93. The summed E-state index contributed by atoms with van der Waals surface area (Å²) in [4.78, 5) is 30.1. The number of halogens is 3. The molecule has 2 heterocycles. The molecule has 2 aromatic carbocycles. The van der Waals surface area contributed by atoms with E-state index in [-0.39, 0.29) is 11.6 Å². The Balaban J connectivity index is 1.59. The maximum absolute atomic E-state index is 13.3. The van der Waals surface area contributed by atoms with E-state index in [0.717, 1.165) is 12.5 Å². The molecule has 1 aliphatic heterocycles. The molecule has 1 unspecified atom stereocenters. The zero-order chi connectivity index (χ0) is 28.3. The van der Waals surface area contributed by atoms with Crippen LogP contribution in [0.2, 0.25) is 0 Å². The van der Waals surface area contributed by atoms with Crippen LogP contribution in [-0.2, 0) is 12.6 Å². The maximum atomic E-state index is 13.3. The lowest BCUT2D eigenvalue weighted by Crippen LogP contribution is -2.45. The van der Waals surface area contributed by atoms with Gasteiger partial charge in [-0.3, -0.25) is 10.2 Å². The highest BCUT2D eigenvalue weighted by molar-refractivity contribution is 6.00. The molecule has 1 aromatic heterocycles. The van der Waals surface area contributed by atoms with Gasteiger partial charge in [0, 0.05) is 23.4 Å². The summed E-state index contributed by atoms with van der Waals surface area (Å²) in [5.74, 6) is 0.837. The normalized spacial score (nSPS) is 14.5. The number of rotatable bonds is 7. The molecule has 4 N–H and O–H groups in total. The predicted molar refractivity (Wildman–Crippen MR) is 137 cm³/mol. The van der Waals surface area contributed by atoms with E-state index in [1.54, 1.807) is 36.7 Å². The molecular weight excluding hydrogens is 515 g/mol. The number of imidazole rings is 1. The van der Waals surface area contributed by atoms with E-state index in [1.807, 2.05) is 6.92 Å². The Morgan fingerprint density at radius 2 is 1.87 bits per heavy atom. The van der Waals surface area contributed by atoms with Crippen molar-refractivity contribution in [3.8, 4) is 11.8 Å². The number of nitriles is 1. The Labute approximate surface area is 222 Å². The van der Waals surface area contributed by atoms with E-state index < -0.39 is 29.5 Å². The van der Waals surface area contributed by atoms with E-state index in [4.69, 9.17) is 10.00 Å². The van der Waals surface area contributed by atoms with Gasteiger partial charge in [0.05, 0.1) is 29.5 Å². The van der Waals surface area contributed by atoms with Crippen molar-refractivity contribution in [3.05, 3.63) is 70.3 Å². The highest BCUT2D eigenvalue weighted by Gasteiger charge is 2.34. The van der Waals surface area contributed by atoms with Gasteiger partial charge in [-0.2, -0.15) is 18.4 Å². The van der Waals surface area contributed by atoms with Crippen molar-refractivity contribution in [1.29, 1.82) is 5.26 Å². The van der Waals surface area contributed by atoms with Crippen molar-refractivity contribution in [2.75, 3.05) is 22.7 Å². The number of ether oxygens (including phenoxy) is 1. The second-order valence-corrected chi connectivity index (χ2v) is 8.72. The fraction of sp³-hybridized carbons (Fsp3) is 0.308. The minimum atomic E-state index is -4.76. The smallest absolute Gasteiger partial charge is 0.417 e. The fourth-order valence-corrected chi connectivity index (χ4v) is 4.28. The van der Waals surface area contributed by atoms with E-state index in [1.165, 1.54) is 12.1 Å². The first-order valence-electron chi connectivity index (χ1n) is 12.2. The lowest BCUT2D eigenvalue weighted by molar-refractivity contribution is -0.137. The number of carbonyl (C=O) groups excluding carboxylic acids is 2. The average Bonchev–Trinajstić information content (AvgIpc) is 3.20. The minimum absolute atomic E-state index is 0.141. The number of urea groups is 1. The van der Waals surface area contributed by atoms with Crippen molar-refractivity contribution in [2.45, 2.75) is 46.0 Å². The number of benzene rings is 2. The second-order valence-electron chi connectivity index (χ2n) is 8.72. The van der Waals surface area contributed by atoms with Gasteiger partial charge in [0.15, 0.2) is 5.69 Å².